The largest absolute Gasteiger partial charge is 0.478 e. The molecule has 2 aromatic heterocycles. The summed E-state index contributed by atoms with van der Waals surface area (Å²) in [4.78, 5) is 17.5. The van der Waals surface area contributed by atoms with Crippen LogP contribution < -0.4 is 0 Å². The third kappa shape index (κ3) is 2.60. The summed E-state index contributed by atoms with van der Waals surface area (Å²) >= 11 is 1.59. The first-order valence-electron chi connectivity index (χ1n) is 6.51. The van der Waals surface area contributed by atoms with Crippen LogP contribution >= 0.6 is 11.3 Å². The van der Waals surface area contributed by atoms with Gasteiger partial charge in [0.1, 0.15) is 0 Å². The van der Waals surface area contributed by atoms with Gasteiger partial charge in [-0.2, -0.15) is 0 Å². The lowest BCUT2D eigenvalue weighted by atomic mass is 10.1. The van der Waals surface area contributed by atoms with Crippen LogP contribution in [-0.4, -0.2) is 20.5 Å². The summed E-state index contributed by atoms with van der Waals surface area (Å²) in [6.07, 6.45) is 4.73. The minimum Gasteiger partial charge on any atom is -0.478 e. The van der Waals surface area contributed by atoms with E-state index in [-0.39, 0.29) is 0 Å². The van der Waals surface area contributed by atoms with Crippen LogP contribution in [0, 0.1) is 13.8 Å². The molecule has 0 aliphatic rings. The number of carboxylic acids is 1. The Morgan fingerprint density at radius 3 is 2.67 bits per heavy atom. The molecule has 0 aliphatic heterocycles. The first kappa shape index (κ1) is 13.6. The van der Waals surface area contributed by atoms with E-state index in [1.807, 2.05) is 48.7 Å². The Morgan fingerprint density at radius 2 is 2.00 bits per heavy atom. The quantitative estimate of drug-likeness (QED) is 0.749. The number of hydrogen-bond donors (Lipinski definition) is 1. The summed E-state index contributed by atoms with van der Waals surface area (Å²) in [5.41, 5.74) is 3.76. The van der Waals surface area contributed by atoms with E-state index in [0.29, 0.717) is 0 Å². The number of aromatic nitrogens is 2. The Hall–Kier alpha value is -2.40. The average molecular weight is 298 g/mol. The SMILES string of the molecule is Cc1ccc(-c2nc3sc(C)cn3c2/C=C/C(=O)O)cc1. The van der Waals surface area contributed by atoms with Crippen molar-refractivity contribution in [1.82, 2.24) is 9.38 Å². The molecule has 0 saturated carbocycles. The number of hydrogen-bond acceptors (Lipinski definition) is 3. The van der Waals surface area contributed by atoms with Crippen LogP contribution in [0.25, 0.3) is 22.3 Å². The topological polar surface area (TPSA) is 54.6 Å². The van der Waals surface area contributed by atoms with Crippen LogP contribution in [0.2, 0.25) is 0 Å². The van der Waals surface area contributed by atoms with Gasteiger partial charge in [-0.3, -0.25) is 4.40 Å². The number of thiazole rings is 1. The number of fused-ring (bicyclic) bond motifs is 1. The molecule has 0 radical (unpaired) electrons. The second-order valence-electron chi connectivity index (χ2n) is 4.88. The number of aliphatic carboxylic acids is 1. The van der Waals surface area contributed by atoms with Crippen LogP contribution in [-0.2, 0) is 4.79 Å². The molecule has 3 aromatic rings. The summed E-state index contributed by atoms with van der Waals surface area (Å²) in [6, 6.07) is 8.07. The highest BCUT2D eigenvalue weighted by molar-refractivity contribution is 7.17. The Labute approximate surface area is 126 Å². The Morgan fingerprint density at radius 1 is 1.29 bits per heavy atom. The molecule has 0 saturated heterocycles. The number of rotatable bonds is 3. The summed E-state index contributed by atoms with van der Waals surface area (Å²) in [5.74, 6) is -0.966. The van der Waals surface area contributed by atoms with Gasteiger partial charge in [-0.15, -0.1) is 11.3 Å². The number of carboxylic acid groups (broad SMARTS) is 1. The number of imidazole rings is 1. The molecular formula is C16H14N2O2S. The van der Waals surface area contributed by atoms with E-state index < -0.39 is 5.97 Å². The molecule has 0 atom stereocenters. The van der Waals surface area contributed by atoms with Crippen molar-refractivity contribution in [3.05, 3.63) is 52.7 Å². The van der Waals surface area contributed by atoms with Crippen molar-refractivity contribution in [2.75, 3.05) is 0 Å². The van der Waals surface area contributed by atoms with Gasteiger partial charge in [0.2, 0.25) is 0 Å². The van der Waals surface area contributed by atoms with Crippen molar-refractivity contribution in [1.29, 1.82) is 0 Å². The molecule has 5 heteroatoms. The minimum absolute atomic E-state index is 0.792. The Balaban J connectivity index is 2.21. The first-order chi connectivity index (χ1) is 10.0. The fourth-order valence-electron chi connectivity index (χ4n) is 2.21. The third-order valence-electron chi connectivity index (χ3n) is 3.19. The highest BCUT2D eigenvalue weighted by atomic mass is 32.1. The van der Waals surface area contributed by atoms with Gasteiger partial charge in [-0.05, 0) is 19.9 Å². The summed E-state index contributed by atoms with van der Waals surface area (Å²) in [7, 11) is 0. The van der Waals surface area contributed by atoms with Crippen LogP contribution in [0.1, 0.15) is 16.1 Å². The highest BCUT2D eigenvalue weighted by Crippen LogP contribution is 2.29. The van der Waals surface area contributed by atoms with Gasteiger partial charge >= 0.3 is 5.97 Å². The van der Waals surface area contributed by atoms with E-state index in [2.05, 4.69) is 4.98 Å². The number of aryl methyl sites for hydroxylation is 2. The molecule has 0 fully saturated rings. The van der Waals surface area contributed by atoms with Gasteiger partial charge in [0.25, 0.3) is 0 Å². The maximum atomic E-state index is 10.8. The molecule has 3 rings (SSSR count). The monoisotopic (exact) mass is 298 g/mol. The van der Waals surface area contributed by atoms with E-state index >= 15 is 0 Å². The zero-order chi connectivity index (χ0) is 15.0. The van der Waals surface area contributed by atoms with E-state index in [9.17, 15) is 4.79 Å². The maximum absolute atomic E-state index is 10.8. The fraction of sp³-hybridized carbons (Fsp3) is 0.125. The number of nitrogens with zero attached hydrogens (tertiary/aromatic N) is 2. The molecule has 21 heavy (non-hydrogen) atoms. The Kier molecular flexibility index (Phi) is 3.35. The van der Waals surface area contributed by atoms with Gasteiger partial charge in [-0.1, -0.05) is 29.8 Å². The molecule has 1 N–H and O–H groups in total. The van der Waals surface area contributed by atoms with Crippen molar-refractivity contribution in [2.24, 2.45) is 0 Å². The molecular weight excluding hydrogens is 284 g/mol. The van der Waals surface area contributed by atoms with Crippen LogP contribution in [0.4, 0.5) is 0 Å². The van der Waals surface area contributed by atoms with E-state index in [1.54, 1.807) is 17.4 Å². The zero-order valence-corrected chi connectivity index (χ0v) is 12.5. The van der Waals surface area contributed by atoms with E-state index in [1.165, 1.54) is 5.56 Å². The van der Waals surface area contributed by atoms with Gasteiger partial charge in [-0.25, -0.2) is 9.78 Å². The van der Waals surface area contributed by atoms with Crippen LogP contribution in [0.5, 0.6) is 0 Å². The standard InChI is InChI=1S/C16H14N2O2S/c1-10-3-5-12(6-4-10)15-13(7-8-14(19)20)18-9-11(2)21-16(18)17-15/h3-9H,1-2H3,(H,19,20)/b8-7+. The normalized spacial score (nSPS) is 11.5. The smallest absolute Gasteiger partial charge is 0.328 e. The van der Waals surface area contributed by atoms with Gasteiger partial charge in [0, 0.05) is 22.7 Å². The van der Waals surface area contributed by atoms with Gasteiger partial charge in [0.15, 0.2) is 4.96 Å². The van der Waals surface area contributed by atoms with E-state index in [4.69, 9.17) is 5.11 Å². The lowest BCUT2D eigenvalue weighted by Gasteiger charge is -2.01. The van der Waals surface area contributed by atoms with Crippen LogP contribution in [0.15, 0.2) is 36.5 Å². The second kappa shape index (κ2) is 5.18. The maximum Gasteiger partial charge on any atom is 0.328 e. The lowest BCUT2D eigenvalue weighted by molar-refractivity contribution is -0.131. The van der Waals surface area contributed by atoms with Crippen molar-refractivity contribution in [3.63, 3.8) is 0 Å². The van der Waals surface area contributed by atoms with Crippen molar-refractivity contribution < 1.29 is 9.90 Å². The molecule has 1 aromatic carbocycles. The predicted molar refractivity (Wildman–Crippen MR) is 84.6 cm³/mol. The highest BCUT2D eigenvalue weighted by Gasteiger charge is 2.14. The summed E-state index contributed by atoms with van der Waals surface area (Å²) in [5, 5.41) is 8.87. The molecule has 0 unspecified atom stereocenters. The number of carbonyl (C=O) groups is 1. The molecule has 2 heterocycles. The minimum atomic E-state index is -0.966. The Bertz CT molecular complexity index is 841. The third-order valence-corrected chi connectivity index (χ3v) is 4.09. The van der Waals surface area contributed by atoms with Crippen molar-refractivity contribution in [2.45, 2.75) is 13.8 Å². The molecule has 0 bridgehead atoms. The molecule has 106 valence electrons. The molecule has 4 nitrogen and oxygen atoms in total. The summed E-state index contributed by atoms with van der Waals surface area (Å²) in [6.45, 7) is 4.04. The lowest BCUT2D eigenvalue weighted by Crippen LogP contribution is -1.90. The van der Waals surface area contributed by atoms with Gasteiger partial charge in [0.05, 0.1) is 11.4 Å². The van der Waals surface area contributed by atoms with Gasteiger partial charge < -0.3 is 5.11 Å². The van der Waals surface area contributed by atoms with Crippen molar-refractivity contribution >= 4 is 28.3 Å². The molecule has 0 spiro atoms. The summed E-state index contributed by atoms with van der Waals surface area (Å²) < 4.78 is 1.94. The predicted octanol–water partition coefficient (Wildman–Crippen LogP) is 3.78. The fourth-order valence-corrected chi connectivity index (χ4v) is 3.04. The second-order valence-corrected chi connectivity index (χ2v) is 6.09. The van der Waals surface area contributed by atoms with Crippen molar-refractivity contribution in [3.8, 4) is 11.3 Å². The molecule has 0 aliphatic carbocycles. The van der Waals surface area contributed by atoms with Crippen LogP contribution in [0.3, 0.4) is 0 Å². The first-order valence-corrected chi connectivity index (χ1v) is 7.33. The number of benzene rings is 1. The molecule has 0 amide bonds. The van der Waals surface area contributed by atoms with E-state index in [0.717, 1.165) is 32.9 Å². The average Bonchev–Trinajstić information content (AvgIpc) is 2.93. The zero-order valence-electron chi connectivity index (χ0n) is 11.7.